The van der Waals surface area contributed by atoms with Crippen molar-refractivity contribution in [3.05, 3.63) is 53.7 Å². The number of aromatic nitrogens is 1. The highest BCUT2D eigenvalue weighted by Crippen LogP contribution is 2.33. The van der Waals surface area contributed by atoms with Crippen molar-refractivity contribution >= 4 is 0 Å². The topological polar surface area (TPSA) is 60.6 Å². The van der Waals surface area contributed by atoms with E-state index in [1.165, 1.54) is 5.56 Å². The molecular weight excluding hydrogens is 302 g/mol. The van der Waals surface area contributed by atoms with Gasteiger partial charge in [-0.15, -0.1) is 0 Å². The molecule has 2 aliphatic heterocycles. The van der Waals surface area contributed by atoms with E-state index < -0.39 is 0 Å². The zero-order chi connectivity index (χ0) is 16.4. The van der Waals surface area contributed by atoms with Gasteiger partial charge in [-0.05, 0) is 49.2 Å². The Kier molecular flexibility index (Phi) is 4.36. The van der Waals surface area contributed by atoms with Crippen LogP contribution in [0.4, 0.5) is 0 Å². The van der Waals surface area contributed by atoms with Crippen LogP contribution in [0.5, 0.6) is 11.6 Å². The Labute approximate surface area is 142 Å². The average molecular weight is 325 g/mol. The first-order chi connectivity index (χ1) is 11.8. The first-order valence-electron chi connectivity index (χ1n) is 8.59. The molecule has 126 valence electrons. The zero-order valence-electron chi connectivity index (χ0n) is 13.7. The monoisotopic (exact) mass is 325 g/mol. The summed E-state index contributed by atoms with van der Waals surface area (Å²) < 4.78 is 11.7. The fourth-order valence-electron chi connectivity index (χ4n) is 3.28. The standard InChI is InChI=1S/C19H23N3O2/c20-16-7-10-22(11-8-16)12-14-3-5-15(6-4-14)18-13-23-17-2-1-9-21-19(17)24-18/h1-6,9,16,18H,7-8,10-13,20H2. The lowest BCUT2D eigenvalue weighted by atomic mass is 10.0. The number of hydrogen-bond donors (Lipinski definition) is 1. The number of hydrogen-bond acceptors (Lipinski definition) is 5. The molecule has 1 atom stereocenters. The van der Waals surface area contributed by atoms with Crippen molar-refractivity contribution in [1.82, 2.24) is 9.88 Å². The second-order valence-corrected chi connectivity index (χ2v) is 6.58. The first kappa shape index (κ1) is 15.4. The summed E-state index contributed by atoms with van der Waals surface area (Å²) in [5, 5.41) is 0. The van der Waals surface area contributed by atoms with Crippen LogP contribution in [0.15, 0.2) is 42.6 Å². The van der Waals surface area contributed by atoms with E-state index in [-0.39, 0.29) is 6.10 Å². The van der Waals surface area contributed by atoms with Crippen LogP contribution in [-0.2, 0) is 6.54 Å². The Morgan fingerprint density at radius 2 is 1.92 bits per heavy atom. The third kappa shape index (κ3) is 3.37. The van der Waals surface area contributed by atoms with Gasteiger partial charge in [0.1, 0.15) is 6.61 Å². The lowest BCUT2D eigenvalue weighted by molar-refractivity contribution is 0.0850. The van der Waals surface area contributed by atoms with Crippen molar-refractivity contribution < 1.29 is 9.47 Å². The lowest BCUT2D eigenvalue weighted by Crippen LogP contribution is -2.39. The Bertz CT molecular complexity index is 681. The predicted octanol–water partition coefficient (Wildman–Crippen LogP) is 2.52. The number of nitrogens with two attached hydrogens (primary N) is 1. The van der Waals surface area contributed by atoms with Gasteiger partial charge in [-0.1, -0.05) is 24.3 Å². The lowest BCUT2D eigenvalue weighted by Gasteiger charge is -2.30. The molecule has 0 aliphatic carbocycles. The Morgan fingerprint density at radius 1 is 1.12 bits per heavy atom. The smallest absolute Gasteiger partial charge is 0.257 e. The van der Waals surface area contributed by atoms with Gasteiger partial charge < -0.3 is 15.2 Å². The van der Waals surface area contributed by atoms with E-state index in [4.69, 9.17) is 15.2 Å². The van der Waals surface area contributed by atoms with Crippen molar-refractivity contribution in [2.45, 2.75) is 31.5 Å². The van der Waals surface area contributed by atoms with Crippen molar-refractivity contribution in [3.63, 3.8) is 0 Å². The van der Waals surface area contributed by atoms with Gasteiger partial charge in [-0.2, -0.15) is 0 Å². The van der Waals surface area contributed by atoms with Gasteiger partial charge in [0, 0.05) is 18.8 Å². The normalized spacial score (nSPS) is 21.6. The van der Waals surface area contributed by atoms with Gasteiger partial charge in [0.15, 0.2) is 11.9 Å². The molecule has 1 saturated heterocycles. The molecule has 0 saturated carbocycles. The molecule has 5 heteroatoms. The van der Waals surface area contributed by atoms with E-state index in [9.17, 15) is 0 Å². The van der Waals surface area contributed by atoms with Gasteiger partial charge in [0.25, 0.3) is 5.88 Å². The Morgan fingerprint density at radius 3 is 2.71 bits per heavy atom. The molecule has 24 heavy (non-hydrogen) atoms. The maximum absolute atomic E-state index is 5.97. The molecular formula is C19H23N3O2. The molecule has 0 bridgehead atoms. The van der Waals surface area contributed by atoms with Crippen LogP contribution in [0.2, 0.25) is 0 Å². The Balaban J connectivity index is 1.39. The average Bonchev–Trinajstić information content (AvgIpc) is 2.64. The molecule has 2 N–H and O–H groups in total. The maximum Gasteiger partial charge on any atom is 0.257 e. The SMILES string of the molecule is NC1CCN(Cc2ccc(C3COc4cccnc4O3)cc2)CC1. The van der Waals surface area contributed by atoms with Crippen molar-refractivity contribution in [2.24, 2.45) is 5.73 Å². The third-order valence-corrected chi connectivity index (χ3v) is 4.77. The highest BCUT2D eigenvalue weighted by molar-refractivity contribution is 5.35. The van der Waals surface area contributed by atoms with Crippen LogP contribution < -0.4 is 15.2 Å². The molecule has 0 spiro atoms. The minimum Gasteiger partial charge on any atom is -0.484 e. The summed E-state index contributed by atoms with van der Waals surface area (Å²) >= 11 is 0. The molecule has 2 aromatic rings. The number of piperidine rings is 1. The second-order valence-electron chi connectivity index (χ2n) is 6.58. The largest absolute Gasteiger partial charge is 0.484 e. The minimum atomic E-state index is -0.102. The van der Waals surface area contributed by atoms with Crippen LogP contribution >= 0.6 is 0 Å². The van der Waals surface area contributed by atoms with E-state index in [1.807, 2.05) is 12.1 Å². The fraction of sp³-hybridized carbons (Fsp3) is 0.421. The zero-order valence-corrected chi connectivity index (χ0v) is 13.7. The van der Waals surface area contributed by atoms with E-state index >= 15 is 0 Å². The molecule has 0 radical (unpaired) electrons. The summed E-state index contributed by atoms with van der Waals surface area (Å²) in [5.41, 5.74) is 8.41. The fourth-order valence-corrected chi connectivity index (χ4v) is 3.28. The summed E-state index contributed by atoms with van der Waals surface area (Å²) in [6.07, 6.45) is 3.81. The third-order valence-electron chi connectivity index (χ3n) is 4.77. The molecule has 1 unspecified atom stereocenters. The predicted molar refractivity (Wildman–Crippen MR) is 92.0 cm³/mol. The number of rotatable bonds is 3. The quantitative estimate of drug-likeness (QED) is 0.939. The van der Waals surface area contributed by atoms with Crippen LogP contribution in [0.25, 0.3) is 0 Å². The number of fused-ring (bicyclic) bond motifs is 1. The summed E-state index contributed by atoms with van der Waals surface area (Å²) in [6.45, 7) is 3.68. The van der Waals surface area contributed by atoms with Crippen LogP contribution in [-0.4, -0.2) is 35.6 Å². The molecule has 5 nitrogen and oxygen atoms in total. The molecule has 0 amide bonds. The molecule has 2 aliphatic rings. The molecule has 1 aromatic heterocycles. The van der Waals surface area contributed by atoms with Gasteiger partial charge >= 0.3 is 0 Å². The molecule has 1 fully saturated rings. The van der Waals surface area contributed by atoms with E-state index in [0.717, 1.165) is 38.0 Å². The van der Waals surface area contributed by atoms with Gasteiger partial charge in [-0.25, -0.2) is 4.98 Å². The summed E-state index contributed by atoms with van der Waals surface area (Å²) in [7, 11) is 0. The number of ether oxygens (including phenoxy) is 2. The van der Waals surface area contributed by atoms with Crippen LogP contribution in [0, 0.1) is 0 Å². The molecule has 1 aromatic carbocycles. The molecule has 3 heterocycles. The number of nitrogens with zero attached hydrogens (tertiary/aromatic N) is 2. The van der Waals surface area contributed by atoms with Crippen molar-refractivity contribution in [2.75, 3.05) is 19.7 Å². The molecule has 4 rings (SSSR count). The first-order valence-corrected chi connectivity index (χ1v) is 8.59. The highest BCUT2D eigenvalue weighted by Gasteiger charge is 2.23. The van der Waals surface area contributed by atoms with Gasteiger partial charge in [0.05, 0.1) is 0 Å². The van der Waals surface area contributed by atoms with Crippen LogP contribution in [0.3, 0.4) is 0 Å². The van der Waals surface area contributed by atoms with E-state index in [1.54, 1.807) is 6.20 Å². The second kappa shape index (κ2) is 6.79. The minimum absolute atomic E-state index is 0.102. The van der Waals surface area contributed by atoms with Crippen molar-refractivity contribution in [1.29, 1.82) is 0 Å². The summed E-state index contributed by atoms with van der Waals surface area (Å²) in [5.74, 6) is 1.29. The van der Waals surface area contributed by atoms with E-state index in [2.05, 4.69) is 34.1 Å². The Hall–Kier alpha value is -2.11. The maximum atomic E-state index is 5.97. The van der Waals surface area contributed by atoms with Gasteiger partial charge in [0.2, 0.25) is 0 Å². The number of likely N-dealkylation sites (tertiary alicyclic amines) is 1. The van der Waals surface area contributed by atoms with Gasteiger partial charge in [-0.3, -0.25) is 4.90 Å². The van der Waals surface area contributed by atoms with Crippen LogP contribution in [0.1, 0.15) is 30.1 Å². The summed E-state index contributed by atoms with van der Waals surface area (Å²) in [6, 6.07) is 12.7. The number of benzene rings is 1. The highest BCUT2D eigenvalue weighted by atomic mass is 16.6. The van der Waals surface area contributed by atoms with Crippen molar-refractivity contribution in [3.8, 4) is 11.6 Å². The number of pyridine rings is 1. The summed E-state index contributed by atoms with van der Waals surface area (Å²) in [4.78, 5) is 6.70. The van der Waals surface area contributed by atoms with E-state index in [0.29, 0.717) is 24.3 Å².